The fourth-order valence-electron chi connectivity index (χ4n) is 3.19. The lowest BCUT2D eigenvalue weighted by Crippen LogP contribution is -2.47. The molecule has 1 unspecified atom stereocenters. The van der Waals surface area contributed by atoms with Crippen LogP contribution in [-0.2, 0) is 17.2 Å². The molecule has 1 aromatic heterocycles. The number of aromatic nitrogens is 2. The van der Waals surface area contributed by atoms with E-state index in [4.69, 9.17) is 0 Å². The van der Waals surface area contributed by atoms with E-state index < -0.39 is 10.8 Å². The second kappa shape index (κ2) is 6.86. The Hall–Kier alpha value is -1.99. The Kier molecular flexibility index (Phi) is 4.44. The zero-order valence-corrected chi connectivity index (χ0v) is 14.3. The molecule has 2 aliphatic heterocycles. The lowest BCUT2D eigenvalue weighted by atomic mass is 10.1. The van der Waals surface area contributed by atoms with Gasteiger partial charge in [-0.1, -0.05) is 6.07 Å². The smallest absolute Gasteiger partial charge is 0.225 e. The summed E-state index contributed by atoms with van der Waals surface area (Å²) in [4.78, 5) is 14.3. The minimum Gasteiger partial charge on any atom is -0.372 e. The Morgan fingerprint density at radius 1 is 1.12 bits per heavy atom. The normalized spacial score (nSPS) is 20.7. The van der Waals surface area contributed by atoms with Crippen LogP contribution >= 0.6 is 0 Å². The molecule has 2 aromatic rings. The first-order valence-corrected chi connectivity index (χ1v) is 9.61. The van der Waals surface area contributed by atoms with Gasteiger partial charge in [0, 0.05) is 45.1 Å². The molecule has 7 heteroatoms. The molecule has 0 amide bonds. The zero-order valence-electron chi connectivity index (χ0n) is 13.5. The van der Waals surface area contributed by atoms with E-state index >= 15 is 0 Å². The van der Waals surface area contributed by atoms with Gasteiger partial charge in [0.1, 0.15) is 0 Å². The van der Waals surface area contributed by atoms with Crippen LogP contribution in [0.4, 0.5) is 11.6 Å². The summed E-state index contributed by atoms with van der Waals surface area (Å²) < 4.78 is 11.9. The van der Waals surface area contributed by atoms with Gasteiger partial charge >= 0.3 is 0 Å². The van der Waals surface area contributed by atoms with Crippen LogP contribution in [0, 0.1) is 0 Å². The highest BCUT2D eigenvalue weighted by Crippen LogP contribution is 2.27. The molecule has 2 aliphatic rings. The van der Waals surface area contributed by atoms with Crippen LogP contribution in [-0.4, -0.2) is 57.7 Å². The predicted octanol–water partition coefficient (Wildman–Crippen LogP) is 1.33. The first-order chi connectivity index (χ1) is 11.8. The van der Waals surface area contributed by atoms with Gasteiger partial charge < -0.3 is 10.2 Å². The molecule has 1 atom stereocenters. The summed E-state index contributed by atoms with van der Waals surface area (Å²) in [6.07, 6.45) is 4.58. The number of rotatable bonds is 4. The van der Waals surface area contributed by atoms with Crippen LogP contribution in [0.5, 0.6) is 0 Å². The third-order valence-electron chi connectivity index (χ3n) is 4.61. The van der Waals surface area contributed by atoms with Crippen molar-refractivity contribution in [2.45, 2.75) is 11.3 Å². The van der Waals surface area contributed by atoms with E-state index in [2.05, 4.69) is 43.3 Å². The minimum absolute atomic E-state index is 0.544. The number of hydrogen-bond donors (Lipinski definition) is 1. The summed E-state index contributed by atoms with van der Waals surface area (Å²) in [7, 11) is -0.888. The van der Waals surface area contributed by atoms with Gasteiger partial charge in [-0.15, -0.1) is 0 Å². The molecule has 6 nitrogen and oxygen atoms in total. The fraction of sp³-hybridized carbons (Fsp3) is 0.412. The monoisotopic (exact) mass is 343 g/mol. The molecule has 126 valence electrons. The second-order valence-electron chi connectivity index (χ2n) is 6.12. The second-order valence-corrected chi connectivity index (χ2v) is 7.54. The molecule has 0 spiro atoms. The van der Waals surface area contributed by atoms with Crippen molar-refractivity contribution in [2.24, 2.45) is 0 Å². The molecule has 1 aromatic carbocycles. The highest BCUT2D eigenvalue weighted by atomic mass is 32.2. The maximum Gasteiger partial charge on any atom is 0.225 e. The number of fused-ring (bicyclic) bond motifs is 1. The molecule has 3 heterocycles. The van der Waals surface area contributed by atoms with Crippen molar-refractivity contribution < 1.29 is 4.21 Å². The van der Waals surface area contributed by atoms with E-state index in [0.29, 0.717) is 5.88 Å². The molecule has 0 bridgehead atoms. The topological polar surface area (TPSA) is 61.4 Å². The molecule has 1 saturated heterocycles. The van der Waals surface area contributed by atoms with E-state index in [-0.39, 0.29) is 0 Å². The van der Waals surface area contributed by atoms with E-state index in [1.807, 2.05) is 6.07 Å². The van der Waals surface area contributed by atoms with Gasteiger partial charge in [0.05, 0.1) is 27.3 Å². The summed E-state index contributed by atoms with van der Waals surface area (Å²) >= 11 is 0. The molecular formula is C17H21N5OS. The number of hydrogen-bond acceptors (Lipinski definition) is 6. The maximum absolute atomic E-state index is 11.9. The average Bonchev–Trinajstić information content (AvgIpc) is 3.02. The predicted molar refractivity (Wildman–Crippen MR) is 95.7 cm³/mol. The zero-order chi connectivity index (χ0) is 16.4. The highest BCUT2D eigenvalue weighted by Gasteiger charge is 2.20. The Bertz CT molecular complexity index is 731. The minimum atomic E-state index is -0.888. The standard InChI is InChI=1S/C17H21N5OS/c23-24-13-20-15-3-2-14(12-16(15)24)4-7-21-8-10-22(11-9-21)17-18-5-1-6-19-17/h1-3,5-6,12,20H,4,7-11,13H2. The SMILES string of the molecule is O=S1CNc2ccc(CCN3CCN(c4ncccn4)CC3)cc21. The van der Waals surface area contributed by atoms with Crippen molar-refractivity contribution in [3.05, 3.63) is 42.2 Å². The fourth-order valence-corrected chi connectivity index (χ4v) is 4.30. The molecular weight excluding hydrogens is 322 g/mol. The van der Waals surface area contributed by atoms with Gasteiger partial charge in [-0.25, -0.2) is 9.97 Å². The Morgan fingerprint density at radius 3 is 2.71 bits per heavy atom. The summed E-state index contributed by atoms with van der Waals surface area (Å²) in [6.45, 7) is 5.00. The molecule has 24 heavy (non-hydrogen) atoms. The van der Waals surface area contributed by atoms with Gasteiger partial charge in [0.15, 0.2) is 0 Å². The Morgan fingerprint density at radius 2 is 1.92 bits per heavy atom. The Balaban J connectivity index is 1.30. The molecule has 4 rings (SSSR count). The molecule has 0 radical (unpaired) electrons. The van der Waals surface area contributed by atoms with Crippen LogP contribution < -0.4 is 10.2 Å². The third kappa shape index (κ3) is 3.27. The lowest BCUT2D eigenvalue weighted by molar-refractivity contribution is 0.259. The van der Waals surface area contributed by atoms with Gasteiger partial charge in [-0.3, -0.25) is 9.11 Å². The van der Waals surface area contributed by atoms with Crippen LogP contribution in [0.3, 0.4) is 0 Å². The molecule has 0 aliphatic carbocycles. The highest BCUT2D eigenvalue weighted by molar-refractivity contribution is 7.85. The quantitative estimate of drug-likeness (QED) is 0.904. The number of benzene rings is 1. The Labute approximate surface area is 144 Å². The van der Waals surface area contributed by atoms with Gasteiger partial charge in [-0.05, 0) is 30.2 Å². The number of piperazine rings is 1. The van der Waals surface area contributed by atoms with Gasteiger partial charge in [0.25, 0.3) is 0 Å². The average molecular weight is 343 g/mol. The van der Waals surface area contributed by atoms with Gasteiger partial charge in [-0.2, -0.15) is 0 Å². The van der Waals surface area contributed by atoms with E-state index in [1.54, 1.807) is 12.4 Å². The van der Waals surface area contributed by atoms with Crippen LogP contribution in [0.1, 0.15) is 5.56 Å². The van der Waals surface area contributed by atoms with Crippen LogP contribution in [0.25, 0.3) is 0 Å². The molecule has 1 fully saturated rings. The van der Waals surface area contributed by atoms with Gasteiger partial charge in [0.2, 0.25) is 5.95 Å². The van der Waals surface area contributed by atoms with Crippen LogP contribution in [0.15, 0.2) is 41.6 Å². The number of nitrogens with one attached hydrogen (secondary N) is 1. The first kappa shape index (κ1) is 15.5. The van der Waals surface area contributed by atoms with E-state index in [0.717, 1.165) is 55.7 Å². The van der Waals surface area contributed by atoms with E-state index in [9.17, 15) is 4.21 Å². The molecule has 1 N–H and O–H groups in total. The first-order valence-electron chi connectivity index (χ1n) is 8.29. The largest absolute Gasteiger partial charge is 0.372 e. The van der Waals surface area contributed by atoms with Crippen molar-refractivity contribution in [3.63, 3.8) is 0 Å². The summed E-state index contributed by atoms with van der Waals surface area (Å²) in [5, 5.41) is 3.18. The van der Waals surface area contributed by atoms with Crippen molar-refractivity contribution in [3.8, 4) is 0 Å². The number of anilines is 2. The summed E-state index contributed by atoms with van der Waals surface area (Å²) in [6, 6.07) is 8.14. The van der Waals surface area contributed by atoms with E-state index in [1.165, 1.54) is 5.56 Å². The third-order valence-corrected chi connectivity index (χ3v) is 5.84. The summed E-state index contributed by atoms with van der Waals surface area (Å²) in [5.41, 5.74) is 2.29. The van der Waals surface area contributed by atoms with Crippen molar-refractivity contribution in [1.82, 2.24) is 14.9 Å². The molecule has 0 saturated carbocycles. The summed E-state index contributed by atoms with van der Waals surface area (Å²) in [5.74, 6) is 1.37. The van der Waals surface area contributed by atoms with Crippen molar-refractivity contribution >= 4 is 22.4 Å². The lowest BCUT2D eigenvalue weighted by Gasteiger charge is -2.34. The van der Waals surface area contributed by atoms with Crippen molar-refractivity contribution in [1.29, 1.82) is 0 Å². The van der Waals surface area contributed by atoms with Crippen LogP contribution in [0.2, 0.25) is 0 Å². The number of nitrogens with zero attached hydrogens (tertiary/aromatic N) is 4. The maximum atomic E-state index is 11.9. The van der Waals surface area contributed by atoms with Crippen molar-refractivity contribution in [2.75, 3.05) is 48.8 Å².